The lowest BCUT2D eigenvalue weighted by molar-refractivity contribution is -0.139. The zero-order chi connectivity index (χ0) is 52.4. The van der Waals surface area contributed by atoms with Crippen LogP contribution in [0.4, 0.5) is 0 Å². The molecule has 1 aliphatic heterocycles. The lowest BCUT2D eigenvalue weighted by Crippen LogP contribution is -2.55. The maximum Gasteiger partial charge on any atom is 0.246 e. The second kappa shape index (κ2) is 27.9. The largest absolute Gasteiger partial charge is 0.491 e. The minimum absolute atomic E-state index is 0.0582. The SMILES string of the molecule is CN[C@@H](C)C(=O)N[C@H](C(=O)N1CCC[C@H]1c1nc(C(=O)c2cccc(OCCOCCOCCOCCOc3cccc(CC(C)C4CC(C)=C(c5ccc(C#N)cc5)C(C#N)=C4C)c3)c2)cs1)C1CCCCC1. The molecule has 14 nitrogen and oxygen atoms in total. The van der Waals surface area contributed by atoms with Crippen molar-refractivity contribution in [2.45, 2.75) is 104 Å². The van der Waals surface area contributed by atoms with Gasteiger partial charge in [-0.2, -0.15) is 10.5 Å². The Balaban J connectivity index is 0.760. The summed E-state index contributed by atoms with van der Waals surface area (Å²) in [5, 5.41) is 28.0. The van der Waals surface area contributed by atoms with E-state index in [9.17, 15) is 24.9 Å². The Morgan fingerprint density at radius 1 is 0.797 bits per heavy atom. The summed E-state index contributed by atoms with van der Waals surface area (Å²) in [4.78, 5) is 47.5. The average molecular weight is 1030 g/mol. The third-order valence-electron chi connectivity index (χ3n) is 14.6. The topological polar surface area (TPSA) is 185 Å². The van der Waals surface area contributed by atoms with Crippen LogP contribution in [0.5, 0.6) is 11.5 Å². The molecule has 2 amide bonds. The fourth-order valence-corrected chi connectivity index (χ4v) is 11.4. The average Bonchev–Trinajstić information content (AvgIpc) is 4.13. The summed E-state index contributed by atoms with van der Waals surface area (Å²) in [7, 11) is 1.74. The zero-order valence-electron chi connectivity index (χ0n) is 43.7. The van der Waals surface area contributed by atoms with Gasteiger partial charge in [0, 0.05) is 17.5 Å². The number of benzene rings is 3. The smallest absolute Gasteiger partial charge is 0.246 e. The molecule has 2 N–H and O–H groups in total. The monoisotopic (exact) mass is 1020 g/mol. The third-order valence-corrected chi connectivity index (χ3v) is 15.6. The first kappa shape index (κ1) is 55.5. The van der Waals surface area contributed by atoms with Crippen LogP contribution in [0.1, 0.15) is 123 Å². The molecule has 3 aliphatic rings. The molecule has 7 rings (SSSR count). The molecule has 0 spiro atoms. The van der Waals surface area contributed by atoms with E-state index in [2.05, 4.69) is 55.7 Å². The predicted octanol–water partition coefficient (Wildman–Crippen LogP) is 9.60. The third kappa shape index (κ3) is 14.8. The highest BCUT2D eigenvalue weighted by Crippen LogP contribution is 2.43. The van der Waals surface area contributed by atoms with E-state index >= 15 is 0 Å². The summed E-state index contributed by atoms with van der Waals surface area (Å²) in [6, 6.07) is 26.1. The van der Waals surface area contributed by atoms with E-state index in [0.29, 0.717) is 87.9 Å². The Hall–Kier alpha value is -6.20. The van der Waals surface area contributed by atoms with Gasteiger partial charge >= 0.3 is 0 Å². The van der Waals surface area contributed by atoms with Gasteiger partial charge in [0.15, 0.2) is 0 Å². The lowest BCUT2D eigenvalue weighted by atomic mass is 9.72. The van der Waals surface area contributed by atoms with Gasteiger partial charge < -0.3 is 39.2 Å². The number of ether oxygens (including phenoxy) is 5. The van der Waals surface area contributed by atoms with Crippen LogP contribution in [0.25, 0.3) is 5.57 Å². The van der Waals surface area contributed by atoms with Gasteiger partial charge in [-0.15, -0.1) is 11.3 Å². The normalized spacial score (nSPS) is 18.3. The number of rotatable bonds is 26. The second-order valence-electron chi connectivity index (χ2n) is 19.7. The molecule has 1 saturated heterocycles. The highest BCUT2D eigenvalue weighted by Gasteiger charge is 2.40. The van der Waals surface area contributed by atoms with Gasteiger partial charge in [-0.05, 0) is 137 Å². The number of ketones is 1. The minimum Gasteiger partial charge on any atom is -0.491 e. The van der Waals surface area contributed by atoms with Crippen LogP contribution in [0, 0.1) is 40.4 Å². The van der Waals surface area contributed by atoms with Crippen LogP contribution in [0.3, 0.4) is 0 Å². The highest BCUT2D eigenvalue weighted by molar-refractivity contribution is 7.10. The Bertz CT molecular complexity index is 2680. The number of hydrogen-bond acceptors (Lipinski definition) is 13. The van der Waals surface area contributed by atoms with Crippen molar-refractivity contribution in [3.63, 3.8) is 0 Å². The quantitative estimate of drug-likeness (QED) is 0.0449. The first-order valence-corrected chi connectivity index (χ1v) is 27.1. The fraction of sp³-hybridized carbons (Fsp3) is 0.492. The van der Waals surface area contributed by atoms with Crippen LogP contribution < -0.4 is 20.1 Å². The van der Waals surface area contributed by atoms with Crippen molar-refractivity contribution >= 4 is 34.5 Å². The molecule has 1 saturated carbocycles. The van der Waals surface area contributed by atoms with Gasteiger partial charge in [-0.1, -0.05) is 73.7 Å². The minimum atomic E-state index is -0.581. The van der Waals surface area contributed by atoms with Crippen molar-refractivity contribution in [1.82, 2.24) is 20.5 Å². The van der Waals surface area contributed by atoms with Crippen molar-refractivity contribution < 1.29 is 38.1 Å². The summed E-state index contributed by atoms with van der Waals surface area (Å²) >= 11 is 1.39. The van der Waals surface area contributed by atoms with E-state index in [-0.39, 0.29) is 35.5 Å². The Kier molecular flexibility index (Phi) is 20.9. The van der Waals surface area contributed by atoms with E-state index in [0.717, 1.165) is 90.8 Å². The highest BCUT2D eigenvalue weighted by atomic mass is 32.1. The zero-order valence-corrected chi connectivity index (χ0v) is 44.5. The van der Waals surface area contributed by atoms with E-state index in [4.69, 9.17) is 28.7 Å². The van der Waals surface area contributed by atoms with Crippen molar-refractivity contribution in [2.24, 2.45) is 17.8 Å². The molecule has 15 heteroatoms. The van der Waals surface area contributed by atoms with Gasteiger partial charge in [0.25, 0.3) is 0 Å². The molecular formula is C59H72N6O8S. The molecule has 3 aromatic carbocycles. The molecule has 74 heavy (non-hydrogen) atoms. The first-order valence-electron chi connectivity index (χ1n) is 26.3. The van der Waals surface area contributed by atoms with Crippen LogP contribution in [-0.2, 0) is 30.2 Å². The summed E-state index contributed by atoms with van der Waals surface area (Å²) < 4.78 is 29.1. The van der Waals surface area contributed by atoms with E-state index in [1.54, 1.807) is 55.7 Å². The fourth-order valence-electron chi connectivity index (χ4n) is 10.5. The van der Waals surface area contributed by atoms with E-state index in [1.165, 1.54) is 22.5 Å². The molecule has 2 heterocycles. The number of thiazole rings is 1. The van der Waals surface area contributed by atoms with Crippen LogP contribution in [-0.4, -0.2) is 106 Å². The standard InChI is InChI=1S/C59H72N6O8S/c1-39(50-33-40(2)54(51(37-61)41(50)3)45-21-19-43(36-60)20-22-45)32-44-12-9-16-48(34-44)72-30-28-70-26-24-69-25-27-71-29-31-73-49-17-10-15-47(35-49)56(66)52-38-74-58(63-52)53-18-11-23-65(53)59(68)55(46-13-7-6-8-14-46)64-57(67)42(4)62-5/h9-10,12,15-17,19-22,34-35,38-39,42,46,50,53,55,62H,6-8,11,13-14,18,23-33H2,1-5H3,(H,64,67)/t39?,42-,50?,53-,55-/m0/s1. The molecule has 0 radical (unpaired) electrons. The van der Waals surface area contributed by atoms with Crippen LogP contribution in [0.15, 0.2) is 94.9 Å². The lowest BCUT2D eigenvalue weighted by Gasteiger charge is -2.35. The van der Waals surface area contributed by atoms with Gasteiger partial charge in [-0.25, -0.2) is 4.98 Å². The van der Waals surface area contributed by atoms with Crippen LogP contribution in [0.2, 0.25) is 0 Å². The number of amides is 2. The summed E-state index contributed by atoms with van der Waals surface area (Å²) in [6.45, 7) is 12.0. The Labute approximate surface area is 441 Å². The molecule has 5 atom stereocenters. The molecular weight excluding hydrogens is 953 g/mol. The molecule has 2 fully saturated rings. The number of carbonyl (C=O) groups is 3. The molecule has 392 valence electrons. The first-order chi connectivity index (χ1) is 36.0. The van der Waals surface area contributed by atoms with Gasteiger partial charge in [0.2, 0.25) is 17.6 Å². The Morgan fingerprint density at radius 2 is 1.45 bits per heavy atom. The number of aromatic nitrogens is 1. The molecule has 0 bridgehead atoms. The summed E-state index contributed by atoms with van der Waals surface area (Å²) in [5.74, 6) is 1.53. The molecule has 4 aromatic rings. The summed E-state index contributed by atoms with van der Waals surface area (Å²) in [5.41, 5.74) is 7.58. The number of nitrogens with zero attached hydrogens (tertiary/aromatic N) is 4. The van der Waals surface area contributed by atoms with Gasteiger partial charge in [0.1, 0.15) is 41.5 Å². The summed E-state index contributed by atoms with van der Waals surface area (Å²) in [6.07, 6.45) is 8.40. The number of hydrogen-bond donors (Lipinski definition) is 2. The van der Waals surface area contributed by atoms with Crippen LogP contribution >= 0.6 is 11.3 Å². The van der Waals surface area contributed by atoms with Gasteiger partial charge in [0.05, 0.1) is 75.0 Å². The van der Waals surface area contributed by atoms with Crippen molar-refractivity contribution in [2.75, 3.05) is 66.4 Å². The van der Waals surface area contributed by atoms with Gasteiger partial charge in [-0.3, -0.25) is 14.4 Å². The maximum atomic E-state index is 14.2. The van der Waals surface area contributed by atoms with Crippen molar-refractivity contribution in [1.29, 1.82) is 10.5 Å². The van der Waals surface area contributed by atoms with E-state index in [1.807, 2.05) is 29.2 Å². The molecule has 2 aliphatic carbocycles. The maximum absolute atomic E-state index is 14.2. The van der Waals surface area contributed by atoms with Crippen molar-refractivity contribution in [3.05, 3.63) is 128 Å². The number of carbonyl (C=O) groups excluding carboxylic acids is 3. The molecule has 1 aromatic heterocycles. The number of likely N-dealkylation sites (N-methyl/N-ethyl adjacent to an activating group) is 1. The number of likely N-dealkylation sites (tertiary alicyclic amines) is 1. The molecule has 2 unspecified atom stereocenters. The Morgan fingerprint density at radius 3 is 2.09 bits per heavy atom. The second-order valence-corrected chi connectivity index (χ2v) is 20.6. The number of allylic oxidation sites excluding steroid dienone is 4. The predicted molar refractivity (Wildman–Crippen MR) is 286 cm³/mol. The van der Waals surface area contributed by atoms with Crippen molar-refractivity contribution in [3.8, 4) is 23.6 Å². The number of nitriles is 2. The number of nitrogens with one attached hydrogen (secondary N) is 2. The van der Waals surface area contributed by atoms with E-state index < -0.39 is 12.1 Å².